The molecule has 4 N–H and O–H groups in total. The van der Waals surface area contributed by atoms with Crippen LogP contribution in [0, 0.1) is 0 Å². The molecule has 2 fully saturated rings. The van der Waals surface area contributed by atoms with Crippen molar-refractivity contribution < 1.29 is 9.32 Å². The number of nitrogen functional groups attached to an aromatic ring is 1. The van der Waals surface area contributed by atoms with Crippen LogP contribution in [0.3, 0.4) is 0 Å². The molecule has 2 aliphatic rings. The number of hydrogen-bond donors (Lipinski definition) is 3. The van der Waals surface area contributed by atoms with E-state index in [9.17, 15) is 4.79 Å². The number of fused-ring (bicyclic) bond motifs is 1. The summed E-state index contributed by atoms with van der Waals surface area (Å²) in [5, 5.41) is 10.4. The maximum Gasteiger partial charge on any atom is 0.324 e. The molecular weight excluding hydrogens is 530 g/mol. The molecule has 1 aromatic carbocycles. The van der Waals surface area contributed by atoms with E-state index in [1.807, 2.05) is 45.0 Å². The number of nitrogens with two attached hydrogens (primary N) is 1. The topological polar surface area (TPSA) is 130 Å². The zero-order chi connectivity index (χ0) is 29.4. The highest BCUT2D eigenvalue weighted by molar-refractivity contribution is 6.02. The largest absolute Gasteiger partial charge is 0.383 e. The van der Waals surface area contributed by atoms with E-state index < -0.39 is 6.03 Å². The Morgan fingerprint density at radius 2 is 1.67 bits per heavy atom. The van der Waals surface area contributed by atoms with E-state index in [2.05, 4.69) is 53.4 Å². The number of hydrogen-bond acceptors (Lipinski definition) is 8. The Morgan fingerprint density at radius 1 is 0.976 bits per heavy atom. The highest BCUT2D eigenvalue weighted by Gasteiger charge is 2.29. The number of nitrogens with one attached hydrogen (secondary N) is 2. The summed E-state index contributed by atoms with van der Waals surface area (Å²) in [6.07, 6.45) is 8.41. The van der Waals surface area contributed by atoms with Gasteiger partial charge in [0, 0.05) is 54.1 Å². The molecule has 0 unspecified atom stereocenters. The van der Waals surface area contributed by atoms with Gasteiger partial charge < -0.3 is 29.9 Å². The SMILES string of the molecule is CN1CCC(N2CCC(n3cc(-c4ccc(NC(=O)Nc5cc(C(C)(C)C)on5)cc4)c4c(N)ncnc43)CC2)CC1. The van der Waals surface area contributed by atoms with Crippen molar-refractivity contribution in [2.75, 3.05) is 49.6 Å². The average molecular weight is 572 g/mol. The van der Waals surface area contributed by atoms with Crippen LogP contribution in [0.2, 0.25) is 0 Å². The number of benzene rings is 1. The van der Waals surface area contributed by atoms with Crippen LogP contribution in [-0.4, -0.2) is 74.8 Å². The van der Waals surface area contributed by atoms with Crippen LogP contribution in [-0.2, 0) is 5.41 Å². The molecule has 11 heteroatoms. The fraction of sp³-hybridized carbons (Fsp3) is 0.484. The van der Waals surface area contributed by atoms with Gasteiger partial charge in [0.2, 0.25) is 0 Å². The molecule has 0 atom stereocenters. The third-order valence-corrected chi connectivity index (χ3v) is 8.68. The number of likely N-dealkylation sites (tertiary alicyclic amines) is 2. The van der Waals surface area contributed by atoms with Gasteiger partial charge in [-0.1, -0.05) is 38.1 Å². The van der Waals surface area contributed by atoms with Gasteiger partial charge in [-0.15, -0.1) is 0 Å². The van der Waals surface area contributed by atoms with Crippen molar-refractivity contribution in [3.05, 3.63) is 48.6 Å². The zero-order valence-electron chi connectivity index (χ0n) is 24.9. The van der Waals surface area contributed by atoms with Crippen LogP contribution in [0.15, 0.2) is 47.4 Å². The minimum atomic E-state index is -0.391. The molecule has 0 saturated carbocycles. The lowest BCUT2D eigenvalue weighted by Crippen LogP contribution is -2.47. The molecule has 222 valence electrons. The van der Waals surface area contributed by atoms with Crippen molar-refractivity contribution in [1.82, 2.24) is 29.5 Å². The van der Waals surface area contributed by atoms with Gasteiger partial charge in [0.15, 0.2) is 5.82 Å². The number of piperidine rings is 2. The lowest BCUT2D eigenvalue weighted by Gasteiger charge is -2.41. The van der Waals surface area contributed by atoms with Crippen LogP contribution in [0.25, 0.3) is 22.2 Å². The molecule has 11 nitrogen and oxygen atoms in total. The van der Waals surface area contributed by atoms with E-state index in [0.717, 1.165) is 48.1 Å². The lowest BCUT2D eigenvalue weighted by atomic mass is 9.93. The van der Waals surface area contributed by atoms with E-state index >= 15 is 0 Å². The summed E-state index contributed by atoms with van der Waals surface area (Å²) >= 11 is 0. The fourth-order valence-electron chi connectivity index (χ4n) is 6.19. The van der Waals surface area contributed by atoms with E-state index in [0.29, 0.717) is 35.2 Å². The molecule has 0 spiro atoms. The van der Waals surface area contributed by atoms with Crippen LogP contribution >= 0.6 is 0 Å². The van der Waals surface area contributed by atoms with Crippen LogP contribution in [0.1, 0.15) is 58.3 Å². The molecule has 2 aliphatic heterocycles. The summed E-state index contributed by atoms with van der Waals surface area (Å²) in [6.45, 7) is 10.6. The van der Waals surface area contributed by atoms with Crippen molar-refractivity contribution >= 4 is 34.4 Å². The normalized spacial score (nSPS) is 18.0. The van der Waals surface area contributed by atoms with Gasteiger partial charge in [0.05, 0.1) is 5.39 Å². The van der Waals surface area contributed by atoms with Crippen LogP contribution in [0.5, 0.6) is 0 Å². The molecule has 42 heavy (non-hydrogen) atoms. The maximum absolute atomic E-state index is 12.6. The maximum atomic E-state index is 12.6. The first-order valence-corrected chi connectivity index (χ1v) is 14.8. The summed E-state index contributed by atoms with van der Waals surface area (Å²) in [4.78, 5) is 26.7. The van der Waals surface area contributed by atoms with E-state index in [1.165, 1.54) is 25.9 Å². The number of amides is 2. The number of carbonyl (C=O) groups excluding carboxylic acids is 1. The fourth-order valence-corrected chi connectivity index (χ4v) is 6.19. The zero-order valence-corrected chi connectivity index (χ0v) is 24.9. The Hall–Kier alpha value is -3.96. The molecular formula is C31H41N9O2. The number of carbonyl (C=O) groups is 1. The predicted molar refractivity (Wildman–Crippen MR) is 166 cm³/mol. The molecule has 2 saturated heterocycles. The minimum Gasteiger partial charge on any atom is -0.383 e. The van der Waals surface area contributed by atoms with Crippen molar-refractivity contribution in [1.29, 1.82) is 0 Å². The van der Waals surface area contributed by atoms with E-state index in [4.69, 9.17) is 10.3 Å². The summed E-state index contributed by atoms with van der Waals surface area (Å²) in [5.74, 6) is 1.54. The number of anilines is 3. The molecule has 0 aliphatic carbocycles. The first-order valence-electron chi connectivity index (χ1n) is 14.8. The van der Waals surface area contributed by atoms with Gasteiger partial charge in [0.1, 0.15) is 23.6 Å². The van der Waals surface area contributed by atoms with Crippen LogP contribution in [0.4, 0.5) is 22.1 Å². The van der Waals surface area contributed by atoms with Crippen molar-refractivity contribution in [2.45, 2.75) is 64.0 Å². The average Bonchev–Trinajstić information content (AvgIpc) is 3.60. The predicted octanol–water partition coefficient (Wildman–Crippen LogP) is 5.34. The molecule has 0 bridgehead atoms. The molecule has 5 heterocycles. The number of aromatic nitrogens is 4. The number of rotatable bonds is 5. The van der Waals surface area contributed by atoms with Gasteiger partial charge in [-0.2, -0.15) is 0 Å². The van der Waals surface area contributed by atoms with Gasteiger partial charge in [-0.25, -0.2) is 14.8 Å². The third-order valence-electron chi connectivity index (χ3n) is 8.68. The summed E-state index contributed by atoms with van der Waals surface area (Å²) in [7, 11) is 2.22. The first-order chi connectivity index (χ1) is 20.2. The summed E-state index contributed by atoms with van der Waals surface area (Å²) in [6, 6.07) is 10.1. The van der Waals surface area contributed by atoms with Gasteiger partial charge in [-0.3, -0.25) is 5.32 Å². The van der Waals surface area contributed by atoms with Gasteiger partial charge in [-0.05, 0) is 63.5 Å². The quantitative estimate of drug-likeness (QED) is 0.293. The van der Waals surface area contributed by atoms with E-state index in [1.54, 1.807) is 12.4 Å². The molecule has 4 aromatic rings. The second-order valence-electron chi connectivity index (χ2n) is 12.7. The summed E-state index contributed by atoms with van der Waals surface area (Å²) < 4.78 is 7.66. The number of urea groups is 1. The monoisotopic (exact) mass is 571 g/mol. The Kier molecular flexibility index (Phi) is 7.63. The van der Waals surface area contributed by atoms with Crippen LogP contribution < -0.4 is 16.4 Å². The molecule has 6 rings (SSSR count). The van der Waals surface area contributed by atoms with Gasteiger partial charge >= 0.3 is 6.03 Å². The minimum absolute atomic E-state index is 0.194. The highest BCUT2D eigenvalue weighted by atomic mass is 16.5. The second-order valence-corrected chi connectivity index (χ2v) is 12.7. The lowest BCUT2D eigenvalue weighted by molar-refractivity contribution is 0.0879. The van der Waals surface area contributed by atoms with E-state index in [-0.39, 0.29) is 5.41 Å². The standard InChI is InChI=1S/C31H41N9O2/c1-31(2,3)25-17-26(37-42-25)36-30(41)35-21-7-5-20(6-8-21)24-18-40(29-27(24)28(32)33-19-34-29)23-11-15-39(16-12-23)22-9-13-38(4)14-10-22/h5-8,17-19,22-23H,9-16H2,1-4H3,(H2,32,33,34)(H2,35,36,37,41). The first kappa shape index (κ1) is 28.2. The second kappa shape index (κ2) is 11.4. The Bertz CT molecular complexity index is 1540. The molecule has 2 amide bonds. The molecule has 3 aromatic heterocycles. The molecule has 0 radical (unpaired) electrons. The Balaban J connectivity index is 1.16. The van der Waals surface area contributed by atoms with Crippen molar-refractivity contribution in [2.24, 2.45) is 0 Å². The van der Waals surface area contributed by atoms with Gasteiger partial charge in [0.25, 0.3) is 0 Å². The smallest absolute Gasteiger partial charge is 0.324 e. The number of nitrogens with zero attached hydrogens (tertiary/aromatic N) is 6. The highest BCUT2D eigenvalue weighted by Crippen LogP contribution is 2.37. The van der Waals surface area contributed by atoms with Crippen molar-refractivity contribution in [3.8, 4) is 11.1 Å². The summed E-state index contributed by atoms with van der Waals surface area (Å²) in [5.41, 5.74) is 9.73. The Morgan fingerprint density at radius 3 is 2.33 bits per heavy atom. The Labute approximate surface area is 246 Å². The third kappa shape index (κ3) is 5.84. The van der Waals surface area contributed by atoms with Crippen molar-refractivity contribution in [3.63, 3.8) is 0 Å².